The van der Waals surface area contributed by atoms with Crippen LogP contribution in [0.5, 0.6) is 23.1 Å². The van der Waals surface area contributed by atoms with Crippen LogP contribution in [0.25, 0.3) is 11.4 Å². The summed E-state index contributed by atoms with van der Waals surface area (Å²) >= 11 is 0. The van der Waals surface area contributed by atoms with Gasteiger partial charge in [-0.25, -0.2) is 24.5 Å². The second kappa shape index (κ2) is 15.6. The number of benzene rings is 1. The Bertz CT molecular complexity index is 1900. The number of aryl methyl sites for hydroxylation is 1. The molecule has 3 heterocycles. The van der Waals surface area contributed by atoms with Gasteiger partial charge in [-0.3, -0.25) is 4.72 Å². The number of sulfonamides is 1. The molecule has 5 rings (SSSR count). The van der Waals surface area contributed by atoms with Crippen molar-refractivity contribution in [2.75, 3.05) is 18.9 Å². The minimum atomic E-state index is -4.30. The van der Waals surface area contributed by atoms with Crippen LogP contribution in [0.2, 0.25) is 0 Å². The topological polar surface area (TPSA) is 187 Å². The Labute approximate surface area is 283 Å². The van der Waals surface area contributed by atoms with Gasteiger partial charge in [0.25, 0.3) is 15.9 Å². The number of para-hydroxylation sites is 2. The fourth-order valence-electron chi connectivity index (χ4n) is 4.86. The number of pyridine rings is 2. The monoisotopic (exact) mass is 693 g/mol. The maximum Gasteiger partial charge on any atom is 0.511 e. The second-order valence-corrected chi connectivity index (χ2v) is 12.5. The van der Waals surface area contributed by atoms with Crippen molar-refractivity contribution in [1.82, 2.24) is 19.9 Å². The van der Waals surface area contributed by atoms with Crippen LogP contribution < -0.4 is 18.9 Å². The van der Waals surface area contributed by atoms with E-state index >= 15 is 0 Å². The summed E-state index contributed by atoms with van der Waals surface area (Å²) in [5.74, 6) is -1.02. The van der Waals surface area contributed by atoms with E-state index in [9.17, 15) is 18.0 Å². The van der Waals surface area contributed by atoms with Gasteiger partial charge in [0.15, 0.2) is 28.2 Å². The van der Waals surface area contributed by atoms with Crippen LogP contribution >= 0.6 is 0 Å². The number of hydrogen-bond donors (Lipinski definition) is 1. The minimum Gasteiger partial charge on any atom is -0.493 e. The highest BCUT2D eigenvalue weighted by molar-refractivity contribution is 7.92. The van der Waals surface area contributed by atoms with Crippen molar-refractivity contribution in [3.8, 4) is 34.5 Å². The maximum absolute atomic E-state index is 13.5. The third-order valence-electron chi connectivity index (χ3n) is 7.28. The molecule has 1 aromatic carbocycles. The maximum atomic E-state index is 13.5. The molecular weight excluding hydrogens is 658 g/mol. The molecule has 3 aromatic heterocycles. The van der Waals surface area contributed by atoms with Gasteiger partial charge in [0, 0.05) is 24.9 Å². The third-order valence-corrected chi connectivity index (χ3v) is 8.53. The van der Waals surface area contributed by atoms with Crippen molar-refractivity contribution in [3.63, 3.8) is 0 Å². The molecule has 0 bridgehead atoms. The molecule has 49 heavy (non-hydrogen) atoms. The lowest BCUT2D eigenvalue weighted by atomic mass is 9.98. The molecule has 1 unspecified atom stereocenters. The smallest absolute Gasteiger partial charge is 0.493 e. The van der Waals surface area contributed by atoms with E-state index < -0.39 is 28.4 Å². The van der Waals surface area contributed by atoms with Crippen molar-refractivity contribution >= 4 is 28.0 Å². The Kier molecular flexibility index (Phi) is 11.1. The van der Waals surface area contributed by atoms with Crippen LogP contribution in [0, 0.1) is 6.92 Å². The molecule has 1 aliphatic carbocycles. The first kappa shape index (κ1) is 34.8. The summed E-state index contributed by atoms with van der Waals surface area (Å²) in [6.07, 6.45) is 4.83. The van der Waals surface area contributed by atoms with E-state index in [0.717, 1.165) is 37.7 Å². The summed E-state index contributed by atoms with van der Waals surface area (Å²) in [6.45, 7) is 3.15. The first-order chi connectivity index (χ1) is 23.6. The average molecular weight is 694 g/mol. The summed E-state index contributed by atoms with van der Waals surface area (Å²) in [7, 11) is -1.53. The molecule has 4 aromatic rings. The molecule has 15 nitrogen and oxygen atoms in total. The Hall–Kier alpha value is -5.51. The molecule has 1 fully saturated rings. The normalized spacial score (nSPS) is 13.9. The van der Waals surface area contributed by atoms with E-state index in [4.69, 9.17) is 28.4 Å². The van der Waals surface area contributed by atoms with Crippen LogP contribution in [0.15, 0.2) is 66.0 Å². The molecular formula is C33H35N5O10S. The Balaban J connectivity index is 1.44. The van der Waals surface area contributed by atoms with Gasteiger partial charge in [-0.05, 0) is 68.5 Å². The van der Waals surface area contributed by atoms with Crippen molar-refractivity contribution in [3.05, 3.63) is 72.2 Å². The summed E-state index contributed by atoms with van der Waals surface area (Å²) in [5.41, 5.74) is 0.831. The number of esters is 1. The quantitative estimate of drug-likeness (QED) is 0.138. The Morgan fingerprint density at radius 3 is 2.37 bits per heavy atom. The first-order valence-electron chi connectivity index (χ1n) is 15.3. The van der Waals surface area contributed by atoms with E-state index in [1.54, 1.807) is 37.3 Å². The molecule has 0 spiro atoms. The Morgan fingerprint density at radius 2 is 1.67 bits per heavy atom. The van der Waals surface area contributed by atoms with Crippen LogP contribution in [-0.2, 0) is 24.2 Å². The number of carbonyl (C=O) groups excluding carboxylic acids is 2. The zero-order chi connectivity index (χ0) is 35.0. The second-order valence-electron chi connectivity index (χ2n) is 10.9. The number of aromatic nitrogens is 4. The highest BCUT2D eigenvalue weighted by Crippen LogP contribution is 2.41. The highest BCUT2D eigenvalue weighted by atomic mass is 32.2. The van der Waals surface area contributed by atoms with E-state index in [1.165, 1.54) is 51.7 Å². The van der Waals surface area contributed by atoms with E-state index in [0.29, 0.717) is 5.75 Å². The average Bonchev–Trinajstić information content (AvgIpc) is 3.09. The van der Waals surface area contributed by atoms with Crippen LogP contribution in [0.4, 0.5) is 10.6 Å². The molecule has 0 saturated heterocycles. The van der Waals surface area contributed by atoms with Gasteiger partial charge < -0.3 is 28.4 Å². The van der Waals surface area contributed by atoms with Gasteiger partial charge in [0.1, 0.15) is 11.8 Å². The zero-order valence-corrected chi connectivity index (χ0v) is 28.1. The molecule has 16 heteroatoms. The van der Waals surface area contributed by atoms with Gasteiger partial charge >= 0.3 is 12.1 Å². The summed E-state index contributed by atoms with van der Waals surface area (Å²) in [6, 6.07) is 12.5. The number of hydrogen-bond acceptors (Lipinski definition) is 14. The third kappa shape index (κ3) is 8.90. The molecule has 0 amide bonds. The molecule has 0 radical (unpaired) electrons. The van der Waals surface area contributed by atoms with Crippen molar-refractivity contribution in [1.29, 1.82) is 0 Å². The largest absolute Gasteiger partial charge is 0.511 e. The van der Waals surface area contributed by atoms with Crippen molar-refractivity contribution < 1.29 is 46.4 Å². The number of nitrogens with zero attached hydrogens (tertiary/aromatic N) is 4. The van der Waals surface area contributed by atoms with Crippen molar-refractivity contribution in [2.45, 2.75) is 63.4 Å². The SMILES string of the molecule is COc1ccccc1Oc1c(NS(=O)(=O)c2ccc(C)cn2)nc(-c2ccnc(C(=O)OC(C)OC(=O)OC3CCCCC3)c2)nc1OC. The molecule has 0 aliphatic heterocycles. The molecule has 1 saturated carbocycles. The standard InChI is InChI=1S/C33H35N5O10S/c1-20-14-15-27(35-19-20)49(41,42)38-30-28(48-26-13-9-8-12-25(26)43-3)31(44-4)37-29(36-30)22-16-17-34-24(18-22)32(39)45-21(2)46-33(40)47-23-10-6-5-7-11-23/h8-9,12-19,21,23H,5-7,10-11H2,1-4H3,(H,36,37,38). The molecule has 258 valence electrons. The van der Waals surface area contributed by atoms with Gasteiger partial charge in [-0.2, -0.15) is 13.4 Å². The lowest BCUT2D eigenvalue weighted by molar-refractivity contribution is -0.0917. The Morgan fingerprint density at radius 1 is 0.918 bits per heavy atom. The van der Waals surface area contributed by atoms with Gasteiger partial charge in [-0.15, -0.1) is 0 Å². The molecule has 1 N–H and O–H groups in total. The number of anilines is 1. The lowest BCUT2D eigenvalue weighted by Gasteiger charge is -2.22. The van der Waals surface area contributed by atoms with Crippen LogP contribution in [-0.4, -0.2) is 67.1 Å². The van der Waals surface area contributed by atoms with E-state index in [2.05, 4.69) is 24.7 Å². The van der Waals surface area contributed by atoms with Crippen LogP contribution in [0.1, 0.15) is 55.1 Å². The minimum absolute atomic E-state index is 0.0596. The first-order valence-corrected chi connectivity index (χ1v) is 16.8. The van der Waals surface area contributed by atoms with E-state index in [1.807, 2.05) is 0 Å². The van der Waals surface area contributed by atoms with Gasteiger partial charge in [0.05, 0.1) is 14.2 Å². The summed E-state index contributed by atoms with van der Waals surface area (Å²) in [5, 5.41) is -0.270. The fourth-order valence-corrected chi connectivity index (χ4v) is 5.80. The number of ether oxygens (including phenoxy) is 6. The van der Waals surface area contributed by atoms with E-state index in [-0.39, 0.29) is 51.4 Å². The summed E-state index contributed by atoms with van der Waals surface area (Å²) in [4.78, 5) is 42.1. The van der Waals surface area contributed by atoms with Gasteiger partial charge in [-0.1, -0.05) is 24.6 Å². The number of nitrogens with one attached hydrogen (secondary N) is 1. The number of methoxy groups -OCH3 is 2. The zero-order valence-electron chi connectivity index (χ0n) is 27.2. The van der Waals surface area contributed by atoms with Gasteiger partial charge in [0.2, 0.25) is 12.0 Å². The van der Waals surface area contributed by atoms with Crippen LogP contribution in [0.3, 0.4) is 0 Å². The molecule has 1 atom stereocenters. The molecule has 1 aliphatic rings. The highest BCUT2D eigenvalue weighted by Gasteiger charge is 2.27. The lowest BCUT2D eigenvalue weighted by Crippen LogP contribution is -2.26. The predicted octanol–water partition coefficient (Wildman–Crippen LogP) is 5.84. The van der Waals surface area contributed by atoms with Crippen molar-refractivity contribution in [2.24, 2.45) is 0 Å². The predicted molar refractivity (Wildman–Crippen MR) is 174 cm³/mol. The summed E-state index contributed by atoms with van der Waals surface area (Å²) < 4.78 is 62.0. The fraction of sp³-hybridized carbons (Fsp3) is 0.333. The number of rotatable bonds is 12. The number of carbonyl (C=O) groups is 2.